The van der Waals surface area contributed by atoms with Crippen LogP contribution in [0.25, 0.3) is 27.6 Å². The van der Waals surface area contributed by atoms with Crippen LogP contribution in [0, 0.1) is 44.4 Å². The SMILES string of the molecule is Cc1cc(C2(c3ccnc(-n4c5ccc(C(C)(C)C)cc5c5ccc(Oc6cc(N7CN(c8c([Si](C)(C)C)cccc8[Si](C)(C)C)c8ccccc87)cc(C(C)(C)C)c6)cc54)c3)C3CC4CC(C3)CC2C4)cc(C)c1C. The van der Waals surface area contributed by atoms with Crippen molar-refractivity contribution in [1.29, 1.82) is 0 Å². The molecule has 5 nitrogen and oxygen atoms in total. The number of nitrogens with zero attached hydrogens (tertiary/aromatic N) is 4. The zero-order chi connectivity index (χ0) is 53.6. The number of hydrogen-bond acceptors (Lipinski definition) is 4. The van der Waals surface area contributed by atoms with Crippen molar-refractivity contribution in [2.75, 3.05) is 16.5 Å². The molecule has 392 valence electrons. The van der Waals surface area contributed by atoms with E-state index in [2.05, 4.69) is 243 Å². The van der Waals surface area contributed by atoms with Crippen molar-refractivity contribution in [3.05, 3.63) is 166 Å². The van der Waals surface area contributed by atoms with Crippen LogP contribution in [0.3, 0.4) is 0 Å². The van der Waals surface area contributed by atoms with E-state index in [9.17, 15) is 0 Å². The van der Waals surface area contributed by atoms with Gasteiger partial charge in [0, 0.05) is 45.9 Å². The number of aryl methyl sites for hydroxylation is 2. The van der Waals surface area contributed by atoms with Gasteiger partial charge in [-0.1, -0.05) is 129 Å². The maximum atomic E-state index is 7.24. The molecular formula is C69H82N4OSi2. The van der Waals surface area contributed by atoms with E-state index < -0.39 is 16.1 Å². The van der Waals surface area contributed by atoms with Crippen LogP contribution in [0.4, 0.5) is 22.7 Å². The van der Waals surface area contributed by atoms with Crippen LogP contribution in [-0.2, 0) is 16.2 Å². The molecule has 5 aliphatic rings. The summed E-state index contributed by atoms with van der Waals surface area (Å²) in [4.78, 5) is 10.5. The minimum absolute atomic E-state index is 0.00302. The van der Waals surface area contributed by atoms with E-state index in [1.807, 2.05) is 0 Å². The van der Waals surface area contributed by atoms with Gasteiger partial charge in [-0.15, -0.1) is 0 Å². The van der Waals surface area contributed by atoms with Gasteiger partial charge in [-0.3, -0.25) is 4.57 Å². The number of anilines is 4. The Hall–Kier alpha value is -5.90. The molecular weight excluding hydrogens is 957 g/mol. The molecule has 0 spiro atoms. The highest BCUT2D eigenvalue weighted by Crippen LogP contribution is 2.65. The molecule has 6 aromatic carbocycles. The summed E-state index contributed by atoms with van der Waals surface area (Å²) in [7, 11) is -3.47. The molecule has 0 radical (unpaired) electrons. The Kier molecular flexibility index (Phi) is 11.9. The van der Waals surface area contributed by atoms with Gasteiger partial charge < -0.3 is 14.5 Å². The Labute approximate surface area is 456 Å². The molecule has 0 N–H and O–H groups in total. The Morgan fingerprint density at radius 3 is 1.76 bits per heavy atom. The number of para-hydroxylation sites is 3. The van der Waals surface area contributed by atoms with Crippen molar-refractivity contribution in [2.45, 2.75) is 150 Å². The quantitative estimate of drug-likeness (QED) is 0.135. The van der Waals surface area contributed by atoms with E-state index >= 15 is 0 Å². The summed E-state index contributed by atoms with van der Waals surface area (Å²) in [6.07, 6.45) is 8.87. The third kappa shape index (κ3) is 8.40. The molecule has 0 unspecified atom stereocenters. The number of fused-ring (bicyclic) bond motifs is 4. The standard InChI is InChI=1S/C69H82N4OSi2/c1-43-29-51(30-44(2)45(43)3)69(52-32-46-31-47(34-52)35-53(69)33-46)49-27-28-70-65(39-49)73-59-26-23-48(67(4,5)6)38-58(59)57-25-24-55(41-62(57)73)74-56-37-50(68(7,8)9)36-54(40-56)71-42-72(61-20-17-16-19-60(61)71)66-63(75(10,11)12)21-18-22-64(66)76(13,14)15/h16-30,36-41,46-47,52-53H,31-35,42H2,1-15H3. The molecule has 0 saturated heterocycles. The predicted molar refractivity (Wildman–Crippen MR) is 329 cm³/mol. The van der Waals surface area contributed by atoms with Gasteiger partial charge in [-0.2, -0.15) is 0 Å². The monoisotopic (exact) mass is 1040 g/mol. The summed E-state index contributed by atoms with van der Waals surface area (Å²) < 4.78 is 9.69. The fraction of sp³-hybridized carbons (Fsp3) is 0.406. The third-order valence-corrected chi connectivity index (χ3v) is 22.9. The number of rotatable bonds is 9. The highest BCUT2D eigenvalue weighted by molar-refractivity contribution is 6.93. The van der Waals surface area contributed by atoms with Crippen molar-refractivity contribution in [3.63, 3.8) is 0 Å². The molecule has 4 bridgehead atoms. The van der Waals surface area contributed by atoms with Gasteiger partial charge in [0.2, 0.25) is 0 Å². The van der Waals surface area contributed by atoms with Crippen LogP contribution in [-0.4, -0.2) is 32.4 Å². The van der Waals surface area contributed by atoms with Crippen LogP contribution in [0.15, 0.2) is 128 Å². The second kappa shape index (κ2) is 17.8. The first kappa shape index (κ1) is 50.9. The lowest BCUT2D eigenvalue weighted by Crippen LogP contribution is -2.56. The van der Waals surface area contributed by atoms with Gasteiger partial charge in [-0.25, -0.2) is 4.98 Å². The first-order valence-electron chi connectivity index (χ1n) is 28.6. The summed E-state index contributed by atoms with van der Waals surface area (Å²) in [5, 5.41) is 5.52. The minimum atomic E-state index is -1.74. The summed E-state index contributed by atoms with van der Waals surface area (Å²) in [5.74, 6) is 5.61. The van der Waals surface area contributed by atoms with Crippen LogP contribution in [0.1, 0.15) is 113 Å². The topological polar surface area (TPSA) is 33.5 Å². The summed E-state index contributed by atoms with van der Waals surface area (Å²) in [6.45, 7) is 36.6. The Bertz CT molecular complexity index is 3530. The van der Waals surface area contributed by atoms with Gasteiger partial charge in [0.05, 0.1) is 38.6 Å². The van der Waals surface area contributed by atoms with Gasteiger partial charge in [0.25, 0.3) is 0 Å². The molecule has 76 heavy (non-hydrogen) atoms. The van der Waals surface area contributed by atoms with E-state index in [1.54, 1.807) is 0 Å². The fourth-order valence-electron chi connectivity index (χ4n) is 14.9. The van der Waals surface area contributed by atoms with Crippen LogP contribution in [0.5, 0.6) is 11.5 Å². The number of benzene rings is 6. The van der Waals surface area contributed by atoms with Crippen molar-refractivity contribution in [1.82, 2.24) is 9.55 Å². The van der Waals surface area contributed by atoms with Crippen molar-refractivity contribution in [3.8, 4) is 17.3 Å². The zero-order valence-corrected chi connectivity index (χ0v) is 50.4. The number of aromatic nitrogens is 2. The van der Waals surface area contributed by atoms with Crippen molar-refractivity contribution in [2.24, 2.45) is 23.7 Å². The molecule has 2 aromatic heterocycles. The first-order valence-corrected chi connectivity index (χ1v) is 35.6. The Morgan fingerprint density at radius 1 is 0.539 bits per heavy atom. The molecule has 4 aliphatic carbocycles. The van der Waals surface area contributed by atoms with E-state index in [-0.39, 0.29) is 16.2 Å². The first-order chi connectivity index (χ1) is 35.9. The lowest BCUT2D eigenvalue weighted by molar-refractivity contribution is -0.0419. The molecule has 3 heterocycles. The summed E-state index contributed by atoms with van der Waals surface area (Å²) >= 11 is 0. The average Bonchev–Trinajstić information content (AvgIpc) is 4.05. The normalized spacial score (nSPS) is 21.6. The van der Waals surface area contributed by atoms with Crippen molar-refractivity contribution < 1.29 is 4.74 Å². The van der Waals surface area contributed by atoms with Gasteiger partial charge in [-0.05, 0) is 197 Å². The molecule has 4 fully saturated rings. The molecule has 4 saturated carbocycles. The van der Waals surface area contributed by atoms with E-state index in [0.29, 0.717) is 11.8 Å². The van der Waals surface area contributed by atoms with Crippen LogP contribution < -0.4 is 24.9 Å². The van der Waals surface area contributed by atoms with Gasteiger partial charge >= 0.3 is 0 Å². The van der Waals surface area contributed by atoms with E-state index in [4.69, 9.17) is 9.72 Å². The average molecular weight is 1040 g/mol. The lowest BCUT2D eigenvalue weighted by Gasteiger charge is -2.62. The maximum Gasteiger partial charge on any atom is 0.137 e. The molecule has 13 rings (SSSR count). The Balaban J connectivity index is 0.991. The largest absolute Gasteiger partial charge is 0.457 e. The van der Waals surface area contributed by atoms with Crippen molar-refractivity contribution >= 4 is 71.1 Å². The molecule has 7 heteroatoms. The van der Waals surface area contributed by atoms with E-state index in [0.717, 1.165) is 47.0 Å². The van der Waals surface area contributed by atoms with Crippen LogP contribution >= 0.6 is 0 Å². The number of hydrogen-bond donors (Lipinski definition) is 0. The highest BCUT2D eigenvalue weighted by Gasteiger charge is 2.59. The van der Waals surface area contributed by atoms with Gasteiger partial charge in [0.1, 0.15) is 24.0 Å². The molecule has 1 aliphatic heterocycles. The second-order valence-electron chi connectivity index (χ2n) is 28.1. The van der Waals surface area contributed by atoms with Crippen LogP contribution in [0.2, 0.25) is 39.3 Å². The van der Waals surface area contributed by atoms with E-state index in [1.165, 1.54) is 115 Å². The lowest BCUT2D eigenvalue weighted by atomic mass is 9.42. The molecule has 0 amide bonds. The number of pyridine rings is 1. The predicted octanol–water partition coefficient (Wildman–Crippen LogP) is 17.6. The van der Waals surface area contributed by atoms with Gasteiger partial charge in [0.15, 0.2) is 0 Å². The highest BCUT2D eigenvalue weighted by atomic mass is 28.3. The zero-order valence-electron chi connectivity index (χ0n) is 48.4. The Morgan fingerprint density at radius 2 is 1.16 bits per heavy atom. The number of ether oxygens (including phenoxy) is 1. The molecule has 0 atom stereocenters. The minimum Gasteiger partial charge on any atom is -0.457 e. The molecule has 8 aromatic rings. The summed E-state index contributed by atoms with van der Waals surface area (Å²) in [5.41, 5.74) is 17.0. The maximum absolute atomic E-state index is 7.24. The summed E-state index contributed by atoms with van der Waals surface area (Å²) in [6, 6.07) is 47.1. The third-order valence-electron chi connectivity index (χ3n) is 18.9. The fourth-order valence-corrected chi connectivity index (χ4v) is 18.2. The smallest absolute Gasteiger partial charge is 0.137 e. The second-order valence-corrected chi connectivity index (χ2v) is 38.1.